The summed E-state index contributed by atoms with van der Waals surface area (Å²) in [4.78, 5) is 13.7. The van der Waals surface area contributed by atoms with Crippen LogP contribution >= 0.6 is 22.6 Å². The van der Waals surface area contributed by atoms with Crippen LogP contribution in [-0.4, -0.2) is 35.1 Å². The maximum atomic E-state index is 13.4. The molecule has 0 unspecified atom stereocenters. The van der Waals surface area contributed by atoms with Gasteiger partial charge in [0.05, 0.1) is 6.10 Å². The fourth-order valence-electron chi connectivity index (χ4n) is 1.88. The molecule has 1 saturated heterocycles. The number of hydrogen-bond acceptors (Lipinski definition) is 2. The first kappa shape index (κ1) is 12.8. The van der Waals surface area contributed by atoms with Gasteiger partial charge >= 0.3 is 0 Å². The number of nitrogens with zero attached hydrogens (tertiary/aromatic N) is 1. The van der Waals surface area contributed by atoms with E-state index >= 15 is 0 Å². The molecular weight excluding hydrogens is 336 g/mol. The third-order valence-corrected chi connectivity index (χ3v) is 3.79. The minimum absolute atomic E-state index is 0.160. The molecule has 1 aromatic carbocycles. The lowest BCUT2D eigenvalue weighted by molar-refractivity contribution is 0.0546. The molecule has 92 valence electrons. The van der Waals surface area contributed by atoms with E-state index in [0.717, 1.165) is 0 Å². The predicted octanol–water partition coefficient (Wildman–Crippen LogP) is 2.03. The van der Waals surface area contributed by atoms with Crippen molar-refractivity contribution in [1.82, 2.24) is 4.90 Å². The number of carbonyl (C=O) groups excluding carboxylic acids is 1. The predicted molar refractivity (Wildman–Crippen MR) is 70.3 cm³/mol. The number of aliphatic hydroxyl groups excluding tert-OH is 1. The van der Waals surface area contributed by atoms with Gasteiger partial charge in [0.1, 0.15) is 5.82 Å². The molecule has 0 atom stereocenters. The zero-order chi connectivity index (χ0) is 12.4. The number of aliphatic hydroxyl groups is 1. The van der Waals surface area contributed by atoms with E-state index < -0.39 is 0 Å². The fraction of sp³-hybridized carbons (Fsp3) is 0.417. The molecule has 0 spiro atoms. The topological polar surface area (TPSA) is 40.5 Å². The van der Waals surface area contributed by atoms with Crippen LogP contribution in [0.5, 0.6) is 0 Å². The van der Waals surface area contributed by atoms with Gasteiger partial charge < -0.3 is 10.0 Å². The number of rotatable bonds is 1. The first-order valence-electron chi connectivity index (χ1n) is 5.50. The third kappa shape index (κ3) is 2.95. The summed E-state index contributed by atoms with van der Waals surface area (Å²) in [6, 6.07) is 4.51. The molecule has 0 radical (unpaired) electrons. The Morgan fingerprint density at radius 1 is 1.41 bits per heavy atom. The molecule has 0 aliphatic carbocycles. The highest BCUT2D eigenvalue weighted by molar-refractivity contribution is 14.1. The summed E-state index contributed by atoms with van der Waals surface area (Å²) in [5, 5.41) is 9.36. The fourth-order valence-corrected chi connectivity index (χ4v) is 2.22. The van der Waals surface area contributed by atoms with Gasteiger partial charge in [-0.1, -0.05) is 0 Å². The minimum Gasteiger partial charge on any atom is -0.393 e. The Hall–Kier alpha value is -0.690. The largest absolute Gasteiger partial charge is 0.393 e. The number of halogens is 2. The van der Waals surface area contributed by atoms with Gasteiger partial charge in [0.25, 0.3) is 5.91 Å². The van der Waals surface area contributed by atoms with Crippen LogP contribution in [0.15, 0.2) is 18.2 Å². The van der Waals surface area contributed by atoms with Crippen molar-refractivity contribution < 1.29 is 14.3 Å². The van der Waals surface area contributed by atoms with Gasteiger partial charge in [-0.2, -0.15) is 0 Å². The van der Waals surface area contributed by atoms with Gasteiger partial charge in [-0.3, -0.25) is 4.79 Å². The van der Waals surface area contributed by atoms with Crippen LogP contribution in [0.1, 0.15) is 23.2 Å². The van der Waals surface area contributed by atoms with E-state index in [9.17, 15) is 14.3 Å². The summed E-state index contributed by atoms with van der Waals surface area (Å²) in [5.41, 5.74) is 0.374. The second-order valence-electron chi connectivity index (χ2n) is 4.15. The highest BCUT2D eigenvalue weighted by Gasteiger charge is 2.22. The maximum Gasteiger partial charge on any atom is 0.253 e. The molecule has 1 aliphatic heterocycles. The van der Waals surface area contributed by atoms with E-state index in [-0.39, 0.29) is 17.8 Å². The Balaban J connectivity index is 2.11. The molecule has 2 rings (SSSR count). The molecule has 0 bridgehead atoms. The van der Waals surface area contributed by atoms with Crippen molar-refractivity contribution >= 4 is 28.5 Å². The van der Waals surface area contributed by atoms with Gasteiger partial charge in [-0.25, -0.2) is 4.39 Å². The summed E-state index contributed by atoms with van der Waals surface area (Å²) in [6.07, 6.45) is 0.879. The Kier molecular flexibility index (Phi) is 3.98. The van der Waals surface area contributed by atoms with Crippen LogP contribution < -0.4 is 0 Å². The first-order valence-corrected chi connectivity index (χ1v) is 6.58. The summed E-state index contributed by atoms with van der Waals surface area (Å²) in [7, 11) is 0. The summed E-state index contributed by atoms with van der Waals surface area (Å²) in [5.74, 6) is -0.527. The lowest BCUT2D eigenvalue weighted by Crippen LogP contribution is -2.40. The van der Waals surface area contributed by atoms with Crippen molar-refractivity contribution in [2.24, 2.45) is 0 Å². The molecular formula is C12H13FINO2. The Morgan fingerprint density at radius 3 is 2.65 bits per heavy atom. The van der Waals surface area contributed by atoms with Crippen molar-refractivity contribution in [1.29, 1.82) is 0 Å². The van der Waals surface area contributed by atoms with Gasteiger partial charge in [0.2, 0.25) is 0 Å². The number of amides is 1. The van der Waals surface area contributed by atoms with Crippen LogP contribution in [0.25, 0.3) is 0 Å². The van der Waals surface area contributed by atoms with Crippen LogP contribution in [0, 0.1) is 9.39 Å². The third-order valence-electron chi connectivity index (χ3n) is 2.92. The highest BCUT2D eigenvalue weighted by atomic mass is 127. The lowest BCUT2D eigenvalue weighted by atomic mass is 10.1. The average molecular weight is 349 g/mol. The number of hydrogen-bond donors (Lipinski definition) is 1. The van der Waals surface area contributed by atoms with Crippen LogP contribution in [0.4, 0.5) is 4.39 Å². The molecule has 1 N–H and O–H groups in total. The highest BCUT2D eigenvalue weighted by Crippen LogP contribution is 2.17. The second kappa shape index (κ2) is 5.30. The van der Waals surface area contributed by atoms with Crippen molar-refractivity contribution in [2.75, 3.05) is 13.1 Å². The number of piperidine rings is 1. The lowest BCUT2D eigenvalue weighted by Gasteiger charge is -2.29. The molecule has 1 aromatic rings. The second-order valence-corrected chi connectivity index (χ2v) is 5.31. The Labute approximate surface area is 113 Å². The number of likely N-dealkylation sites (tertiary alicyclic amines) is 1. The van der Waals surface area contributed by atoms with E-state index in [1.807, 2.05) is 22.6 Å². The smallest absolute Gasteiger partial charge is 0.253 e. The standard InChI is InChI=1S/C12H13FINO2/c13-10-7-8(1-2-11(10)14)12(17)15-5-3-9(16)4-6-15/h1-2,7,9,16H,3-6H2. The van der Waals surface area contributed by atoms with Crippen LogP contribution in [0.2, 0.25) is 0 Å². The molecule has 0 saturated carbocycles. The number of carbonyl (C=O) groups is 1. The molecule has 1 heterocycles. The molecule has 17 heavy (non-hydrogen) atoms. The normalized spacial score (nSPS) is 17.2. The molecule has 1 amide bonds. The van der Waals surface area contributed by atoms with Crippen LogP contribution in [0.3, 0.4) is 0 Å². The zero-order valence-corrected chi connectivity index (χ0v) is 11.4. The first-order chi connectivity index (χ1) is 8.08. The Bertz CT molecular complexity index is 431. The van der Waals surface area contributed by atoms with E-state index in [1.54, 1.807) is 17.0 Å². The van der Waals surface area contributed by atoms with Gasteiger partial charge in [0.15, 0.2) is 0 Å². The van der Waals surface area contributed by atoms with Gasteiger partial charge in [-0.15, -0.1) is 0 Å². The summed E-state index contributed by atoms with van der Waals surface area (Å²) < 4.78 is 13.9. The van der Waals surface area contributed by atoms with Crippen molar-refractivity contribution in [3.05, 3.63) is 33.1 Å². The van der Waals surface area contributed by atoms with E-state index in [2.05, 4.69) is 0 Å². The molecule has 1 fully saturated rings. The van der Waals surface area contributed by atoms with E-state index in [1.165, 1.54) is 6.07 Å². The van der Waals surface area contributed by atoms with E-state index in [0.29, 0.717) is 35.1 Å². The van der Waals surface area contributed by atoms with Crippen LogP contribution in [-0.2, 0) is 0 Å². The van der Waals surface area contributed by atoms with Crippen molar-refractivity contribution in [2.45, 2.75) is 18.9 Å². The van der Waals surface area contributed by atoms with Crippen molar-refractivity contribution in [3.63, 3.8) is 0 Å². The quantitative estimate of drug-likeness (QED) is 0.789. The monoisotopic (exact) mass is 349 g/mol. The molecule has 1 aliphatic rings. The molecule has 0 aromatic heterocycles. The van der Waals surface area contributed by atoms with Gasteiger partial charge in [-0.05, 0) is 53.6 Å². The zero-order valence-electron chi connectivity index (χ0n) is 9.20. The van der Waals surface area contributed by atoms with E-state index in [4.69, 9.17) is 0 Å². The van der Waals surface area contributed by atoms with Crippen molar-refractivity contribution in [3.8, 4) is 0 Å². The average Bonchev–Trinajstić information content (AvgIpc) is 2.33. The summed E-state index contributed by atoms with van der Waals surface area (Å²) >= 11 is 1.89. The molecule has 5 heteroatoms. The maximum absolute atomic E-state index is 13.4. The SMILES string of the molecule is O=C(c1ccc(I)c(F)c1)N1CCC(O)CC1. The molecule has 3 nitrogen and oxygen atoms in total. The minimum atomic E-state index is -0.367. The van der Waals surface area contributed by atoms with Gasteiger partial charge in [0, 0.05) is 22.2 Å². The number of benzene rings is 1. The Morgan fingerprint density at radius 2 is 2.06 bits per heavy atom. The summed E-state index contributed by atoms with van der Waals surface area (Å²) in [6.45, 7) is 1.07.